The summed E-state index contributed by atoms with van der Waals surface area (Å²) in [6.45, 7) is 0. The summed E-state index contributed by atoms with van der Waals surface area (Å²) in [7, 11) is 0. The van der Waals surface area contributed by atoms with Crippen LogP contribution in [0, 0.1) is 0 Å². The van der Waals surface area contributed by atoms with Crippen LogP contribution in [0.15, 0.2) is 81.7 Å². The first-order chi connectivity index (χ1) is 11.7. The van der Waals surface area contributed by atoms with E-state index >= 15 is 0 Å². The molecule has 0 saturated carbocycles. The van der Waals surface area contributed by atoms with Gasteiger partial charge in [-0.3, -0.25) is 10.0 Å². The third kappa shape index (κ3) is 2.76. The molecule has 1 heterocycles. The highest BCUT2D eigenvalue weighted by Crippen LogP contribution is 2.25. The summed E-state index contributed by atoms with van der Waals surface area (Å²) < 4.78 is 2.15. The Bertz CT molecular complexity index is 903. The predicted molar refractivity (Wildman–Crippen MR) is 108 cm³/mol. The molecular formula is C20H14Br2N2. The first kappa shape index (κ1) is 15.5. The SMILES string of the molecule is Brc1ccc(Br)c2c1=CN(c1ccccc1)N(c1ccccc1)C=2. The van der Waals surface area contributed by atoms with Crippen LogP contribution in [0.4, 0.5) is 11.4 Å². The van der Waals surface area contributed by atoms with Gasteiger partial charge in [-0.15, -0.1) is 0 Å². The summed E-state index contributed by atoms with van der Waals surface area (Å²) in [5.74, 6) is 0. The molecule has 3 aromatic carbocycles. The van der Waals surface area contributed by atoms with Crippen molar-refractivity contribution in [2.24, 2.45) is 0 Å². The van der Waals surface area contributed by atoms with Gasteiger partial charge in [0.2, 0.25) is 0 Å². The van der Waals surface area contributed by atoms with Gasteiger partial charge in [0.1, 0.15) is 0 Å². The molecule has 0 spiro atoms. The molecular weight excluding hydrogens is 428 g/mol. The van der Waals surface area contributed by atoms with Crippen molar-refractivity contribution >= 4 is 55.6 Å². The molecule has 0 atom stereocenters. The predicted octanol–water partition coefficient (Wildman–Crippen LogP) is 4.63. The van der Waals surface area contributed by atoms with Crippen LogP contribution in [-0.2, 0) is 0 Å². The normalized spacial score (nSPS) is 13.1. The van der Waals surface area contributed by atoms with Gasteiger partial charge in [0.15, 0.2) is 0 Å². The Labute approximate surface area is 157 Å². The zero-order chi connectivity index (χ0) is 16.5. The zero-order valence-electron chi connectivity index (χ0n) is 12.7. The van der Waals surface area contributed by atoms with E-state index in [0.29, 0.717) is 0 Å². The fourth-order valence-corrected chi connectivity index (χ4v) is 3.67. The standard InChI is InChI=1S/C20H14Br2N2/c21-19-11-12-20(22)18-14-24(16-9-5-2-6-10-16)23(13-17(18)19)15-7-3-1-4-8-15/h1-14H. The molecule has 4 heteroatoms. The minimum absolute atomic E-state index is 1.07. The van der Waals surface area contributed by atoms with Crippen molar-refractivity contribution < 1.29 is 0 Å². The maximum absolute atomic E-state index is 3.68. The minimum atomic E-state index is 1.07. The molecule has 24 heavy (non-hydrogen) atoms. The summed E-state index contributed by atoms with van der Waals surface area (Å²) >= 11 is 7.35. The van der Waals surface area contributed by atoms with Gasteiger partial charge in [-0.1, -0.05) is 68.3 Å². The number of hydrazine groups is 1. The first-order valence-electron chi connectivity index (χ1n) is 7.60. The Morgan fingerprint density at radius 1 is 0.500 bits per heavy atom. The highest BCUT2D eigenvalue weighted by atomic mass is 79.9. The van der Waals surface area contributed by atoms with Crippen LogP contribution in [0.25, 0.3) is 12.4 Å². The highest BCUT2D eigenvalue weighted by molar-refractivity contribution is 9.11. The van der Waals surface area contributed by atoms with E-state index in [1.54, 1.807) is 0 Å². The zero-order valence-corrected chi connectivity index (χ0v) is 15.9. The van der Waals surface area contributed by atoms with E-state index in [9.17, 15) is 0 Å². The maximum Gasteiger partial charge on any atom is 0.0629 e. The average molecular weight is 442 g/mol. The van der Waals surface area contributed by atoms with Crippen LogP contribution in [0.5, 0.6) is 0 Å². The van der Waals surface area contributed by atoms with Crippen molar-refractivity contribution in [3.63, 3.8) is 0 Å². The number of anilines is 2. The molecule has 0 aliphatic carbocycles. The Kier molecular flexibility index (Phi) is 4.17. The summed E-state index contributed by atoms with van der Waals surface area (Å²) in [6.07, 6.45) is 4.32. The third-order valence-electron chi connectivity index (χ3n) is 3.96. The van der Waals surface area contributed by atoms with Crippen molar-refractivity contribution in [3.05, 3.63) is 92.2 Å². The number of hydrogen-bond acceptors (Lipinski definition) is 2. The Morgan fingerprint density at radius 3 is 1.25 bits per heavy atom. The Balaban J connectivity index is 1.99. The molecule has 0 amide bonds. The van der Waals surface area contributed by atoms with E-state index in [1.807, 2.05) is 12.1 Å². The lowest BCUT2D eigenvalue weighted by Crippen LogP contribution is -2.46. The van der Waals surface area contributed by atoms with E-state index in [4.69, 9.17) is 0 Å². The van der Waals surface area contributed by atoms with E-state index in [-0.39, 0.29) is 0 Å². The minimum Gasteiger partial charge on any atom is -0.256 e. The molecule has 118 valence electrons. The monoisotopic (exact) mass is 440 g/mol. The van der Waals surface area contributed by atoms with Gasteiger partial charge >= 0.3 is 0 Å². The van der Waals surface area contributed by atoms with Crippen molar-refractivity contribution in [1.82, 2.24) is 0 Å². The van der Waals surface area contributed by atoms with Gasteiger partial charge in [-0.2, -0.15) is 0 Å². The van der Waals surface area contributed by atoms with Crippen LogP contribution in [0.2, 0.25) is 0 Å². The van der Waals surface area contributed by atoms with E-state index < -0.39 is 0 Å². The van der Waals surface area contributed by atoms with E-state index in [2.05, 4.69) is 115 Å². The molecule has 0 aromatic heterocycles. The first-order valence-corrected chi connectivity index (χ1v) is 9.19. The highest BCUT2D eigenvalue weighted by Gasteiger charge is 2.17. The van der Waals surface area contributed by atoms with Crippen LogP contribution in [0.1, 0.15) is 0 Å². The Hall–Kier alpha value is -2.04. The largest absolute Gasteiger partial charge is 0.256 e. The second kappa shape index (κ2) is 6.46. The molecule has 0 N–H and O–H groups in total. The van der Waals surface area contributed by atoms with Crippen molar-refractivity contribution in [2.45, 2.75) is 0 Å². The van der Waals surface area contributed by atoms with Crippen LogP contribution in [0.3, 0.4) is 0 Å². The van der Waals surface area contributed by atoms with Crippen LogP contribution >= 0.6 is 31.9 Å². The van der Waals surface area contributed by atoms with Crippen molar-refractivity contribution in [1.29, 1.82) is 0 Å². The molecule has 0 fully saturated rings. The summed E-state index contributed by atoms with van der Waals surface area (Å²) in [5.41, 5.74) is 2.21. The maximum atomic E-state index is 3.68. The number of para-hydroxylation sites is 2. The molecule has 1 aliphatic rings. The van der Waals surface area contributed by atoms with Gasteiger partial charge in [-0.25, -0.2) is 0 Å². The molecule has 3 aromatic rings. The van der Waals surface area contributed by atoms with E-state index in [1.165, 1.54) is 0 Å². The molecule has 2 nitrogen and oxygen atoms in total. The molecule has 1 aliphatic heterocycles. The summed E-state index contributed by atoms with van der Waals surface area (Å²) in [5, 5.41) is 6.63. The average Bonchev–Trinajstić information content (AvgIpc) is 2.65. The fraction of sp³-hybridized carbons (Fsp3) is 0. The number of halogens is 2. The number of hydrogen-bond donors (Lipinski definition) is 0. The molecule has 0 saturated heterocycles. The van der Waals surface area contributed by atoms with Gasteiger partial charge < -0.3 is 0 Å². The van der Waals surface area contributed by atoms with Gasteiger partial charge in [0.25, 0.3) is 0 Å². The van der Waals surface area contributed by atoms with E-state index in [0.717, 1.165) is 30.8 Å². The lowest BCUT2D eigenvalue weighted by molar-refractivity contribution is 1.03. The second-order valence-electron chi connectivity index (χ2n) is 5.47. The van der Waals surface area contributed by atoms with Gasteiger partial charge in [0, 0.05) is 31.8 Å². The summed E-state index contributed by atoms with van der Waals surface area (Å²) in [4.78, 5) is 0. The molecule has 0 unspecified atom stereocenters. The topological polar surface area (TPSA) is 6.48 Å². The number of fused-ring (bicyclic) bond motifs is 1. The lowest BCUT2D eigenvalue weighted by Gasteiger charge is -2.35. The smallest absolute Gasteiger partial charge is 0.0629 e. The molecule has 0 radical (unpaired) electrons. The third-order valence-corrected chi connectivity index (χ3v) is 5.34. The number of nitrogens with zero attached hydrogens (tertiary/aromatic N) is 2. The quantitative estimate of drug-likeness (QED) is 0.572. The molecule has 0 bridgehead atoms. The summed E-state index contributed by atoms with van der Waals surface area (Å²) in [6, 6.07) is 24.8. The number of benzene rings is 3. The van der Waals surface area contributed by atoms with Crippen LogP contribution < -0.4 is 20.5 Å². The number of rotatable bonds is 2. The Morgan fingerprint density at radius 2 is 0.875 bits per heavy atom. The second-order valence-corrected chi connectivity index (χ2v) is 7.18. The molecule has 4 rings (SSSR count). The lowest BCUT2D eigenvalue weighted by atomic mass is 10.2. The van der Waals surface area contributed by atoms with Crippen molar-refractivity contribution in [2.75, 3.05) is 10.0 Å². The van der Waals surface area contributed by atoms with Crippen molar-refractivity contribution in [3.8, 4) is 0 Å². The van der Waals surface area contributed by atoms with Crippen LogP contribution in [-0.4, -0.2) is 0 Å². The van der Waals surface area contributed by atoms with Gasteiger partial charge in [-0.05, 0) is 36.4 Å². The van der Waals surface area contributed by atoms with Gasteiger partial charge in [0.05, 0.1) is 11.4 Å². The fourth-order valence-electron chi connectivity index (χ4n) is 2.77.